The molecule has 0 radical (unpaired) electrons. The minimum atomic E-state index is -3.99. The number of benzene rings is 1. The van der Waals surface area contributed by atoms with Gasteiger partial charge in [0.1, 0.15) is 0 Å². The highest BCUT2D eigenvalue weighted by molar-refractivity contribution is 7.84. The van der Waals surface area contributed by atoms with E-state index in [1.807, 2.05) is 0 Å². The zero-order valence-electron chi connectivity index (χ0n) is 7.62. The zero-order chi connectivity index (χ0) is 10.9. The summed E-state index contributed by atoms with van der Waals surface area (Å²) in [5.74, 6) is 0.206. The lowest BCUT2D eigenvalue weighted by molar-refractivity contribution is 0.490. The zero-order valence-corrected chi connectivity index (χ0v) is 8.44. The first kappa shape index (κ1) is 9.88. The molecular weight excluding hydrogens is 216 g/mol. The quantitative estimate of drug-likeness (QED) is 0.818. The minimum Gasteiger partial charge on any atom is -0.370 e. The number of aromatic nitrogens is 1. The average molecular weight is 224 g/mol. The molecule has 0 fully saturated rings. The fraction of sp³-hybridized carbons (Fsp3) is 0. The van der Waals surface area contributed by atoms with E-state index in [1.54, 1.807) is 30.6 Å². The second-order valence-electron chi connectivity index (χ2n) is 2.93. The van der Waals surface area contributed by atoms with Gasteiger partial charge < -0.3 is 4.18 Å². The summed E-state index contributed by atoms with van der Waals surface area (Å²) in [7, 11) is -3.99. The lowest BCUT2D eigenvalue weighted by Crippen LogP contribution is -2.19. The standard InChI is InChI=1S/C9H8N2O3S/c10-15(12,13)14-9-3-1-2-7-6-11-5-4-8(7)9/h1-6H,(H2,10,12,13). The highest BCUT2D eigenvalue weighted by Crippen LogP contribution is 2.24. The average Bonchev–Trinajstić information content (AvgIpc) is 2.16. The minimum absolute atomic E-state index is 0.206. The fourth-order valence-electron chi connectivity index (χ4n) is 1.29. The molecule has 0 unspecified atom stereocenters. The van der Waals surface area contributed by atoms with Crippen molar-refractivity contribution < 1.29 is 12.6 Å². The van der Waals surface area contributed by atoms with Crippen molar-refractivity contribution in [3.05, 3.63) is 36.7 Å². The third kappa shape index (κ3) is 2.23. The van der Waals surface area contributed by atoms with Gasteiger partial charge in [-0.15, -0.1) is 0 Å². The lowest BCUT2D eigenvalue weighted by Gasteiger charge is -2.05. The van der Waals surface area contributed by atoms with Crippen molar-refractivity contribution in [2.24, 2.45) is 5.14 Å². The van der Waals surface area contributed by atoms with Crippen molar-refractivity contribution in [2.45, 2.75) is 0 Å². The van der Waals surface area contributed by atoms with Crippen molar-refractivity contribution in [2.75, 3.05) is 0 Å². The Kier molecular flexibility index (Phi) is 2.29. The van der Waals surface area contributed by atoms with Crippen LogP contribution in [0.3, 0.4) is 0 Å². The number of hydrogen-bond acceptors (Lipinski definition) is 4. The van der Waals surface area contributed by atoms with Crippen molar-refractivity contribution in [1.29, 1.82) is 0 Å². The first-order valence-electron chi connectivity index (χ1n) is 4.11. The summed E-state index contributed by atoms with van der Waals surface area (Å²) in [6.45, 7) is 0. The number of pyridine rings is 1. The second-order valence-corrected chi connectivity index (χ2v) is 4.08. The SMILES string of the molecule is NS(=O)(=O)Oc1cccc2cnccc12. The van der Waals surface area contributed by atoms with Gasteiger partial charge in [0.05, 0.1) is 0 Å². The van der Waals surface area contributed by atoms with Gasteiger partial charge in [0.15, 0.2) is 5.75 Å². The predicted molar refractivity (Wildman–Crippen MR) is 55.5 cm³/mol. The van der Waals surface area contributed by atoms with Crippen molar-refractivity contribution in [3.63, 3.8) is 0 Å². The smallest absolute Gasteiger partial charge is 0.370 e. The summed E-state index contributed by atoms with van der Waals surface area (Å²) in [5.41, 5.74) is 0. The van der Waals surface area contributed by atoms with Crippen LogP contribution in [0.2, 0.25) is 0 Å². The normalized spacial score (nSPS) is 11.5. The number of fused-ring (bicyclic) bond motifs is 1. The van der Waals surface area contributed by atoms with Crippen LogP contribution in [0.15, 0.2) is 36.7 Å². The number of nitrogens with two attached hydrogens (primary N) is 1. The van der Waals surface area contributed by atoms with Crippen LogP contribution in [0.5, 0.6) is 5.75 Å². The Labute approximate surface area is 86.8 Å². The summed E-state index contributed by atoms with van der Waals surface area (Å²) in [6.07, 6.45) is 3.17. The summed E-state index contributed by atoms with van der Waals surface area (Å²) >= 11 is 0. The monoisotopic (exact) mass is 224 g/mol. The van der Waals surface area contributed by atoms with E-state index in [1.165, 1.54) is 6.07 Å². The van der Waals surface area contributed by atoms with Gasteiger partial charge in [-0.2, -0.15) is 13.6 Å². The molecule has 2 rings (SSSR count). The Hall–Kier alpha value is -1.66. The molecule has 0 spiro atoms. The molecule has 2 N–H and O–H groups in total. The van der Waals surface area contributed by atoms with Crippen LogP contribution in [0.1, 0.15) is 0 Å². The van der Waals surface area contributed by atoms with E-state index in [4.69, 9.17) is 5.14 Å². The van der Waals surface area contributed by atoms with Crippen LogP contribution in [0, 0.1) is 0 Å². The van der Waals surface area contributed by atoms with Crippen LogP contribution in [-0.4, -0.2) is 13.4 Å². The maximum absolute atomic E-state index is 10.8. The van der Waals surface area contributed by atoms with Gasteiger partial charge >= 0.3 is 10.3 Å². The molecule has 0 aliphatic heterocycles. The molecule has 0 aliphatic rings. The summed E-state index contributed by atoms with van der Waals surface area (Å²) in [4.78, 5) is 3.91. The Bertz CT molecular complexity index is 590. The second kappa shape index (κ2) is 3.48. The maximum atomic E-state index is 10.8. The summed E-state index contributed by atoms with van der Waals surface area (Å²) < 4.78 is 26.2. The molecule has 1 heterocycles. The molecule has 0 atom stereocenters. The van der Waals surface area contributed by atoms with Crippen LogP contribution in [0.25, 0.3) is 10.8 Å². The molecule has 1 aromatic carbocycles. The lowest BCUT2D eigenvalue weighted by atomic mass is 10.2. The Morgan fingerprint density at radius 2 is 2.07 bits per heavy atom. The van der Waals surface area contributed by atoms with E-state index in [0.717, 1.165) is 5.39 Å². The van der Waals surface area contributed by atoms with Crippen LogP contribution in [0.4, 0.5) is 0 Å². The third-order valence-corrected chi connectivity index (χ3v) is 2.26. The number of nitrogens with zero attached hydrogens (tertiary/aromatic N) is 1. The number of rotatable bonds is 2. The van der Waals surface area contributed by atoms with Crippen molar-refractivity contribution in [3.8, 4) is 5.75 Å². The molecule has 78 valence electrons. The van der Waals surface area contributed by atoms with Gasteiger partial charge in [0.2, 0.25) is 0 Å². The van der Waals surface area contributed by atoms with Gasteiger partial charge in [-0.25, -0.2) is 0 Å². The van der Waals surface area contributed by atoms with Crippen LogP contribution >= 0.6 is 0 Å². The highest BCUT2D eigenvalue weighted by atomic mass is 32.2. The highest BCUT2D eigenvalue weighted by Gasteiger charge is 2.08. The van der Waals surface area contributed by atoms with E-state index in [-0.39, 0.29) is 5.75 Å². The maximum Gasteiger partial charge on any atom is 0.380 e. The largest absolute Gasteiger partial charge is 0.380 e. The van der Waals surface area contributed by atoms with Gasteiger partial charge in [-0.1, -0.05) is 12.1 Å². The molecule has 0 saturated heterocycles. The van der Waals surface area contributed by atoms with Gasteiger partial charge in [0, 0.05) is 23.2 Å². The number of hydrogen-bond donors (Lipinski definition) is 1. The summed E-state index contributed by atoms with van der Waals surface area (Å²) in [6, 6.07) is 6.67. The van der Waals surface area contributed by atoms with Crippen molar-refractivity contribution in [1.82, 2.24) is 4.98 Å². The van der Waals surface area contributed by atoms with Crippen molar-refractivity contribution >= 4 is 21.1 Å². The molecule has 0 bridgehead atoms. The van der Waals surface area contributed by atoms with E-state index in [0.29, 0.717) is 5.39 Å². The van der Waals surface area contributed by atoms with E-state index in [2.05, 4.69) is 9.17 Å². The Balaban J connectivity index is 2.61. The first-order chi connectivity index (χ1) is 7.06. The van der Waals surface area contributed by atoms with Gasteiger partial charge in [0.25, 0.3) is 0 Å². The van der Waals surface area contributed by atoms with E-state index < -0.39 is 10.3 Å². The Morgan fingerprint density at radius 1 is 1.27 bits per heavy atom. The Morgan fingerprint density at radius 3 is 2.80 bits per heavy atom. The molecule has 15 heavy (non-hydrogen) atoms. The van der Waals surface area contributed by atoms with E-state index >= 15 is 0 Å². The van der Waals surface area contributed by atoms with E-state index in [9.17, 15) is 8.42 Å². The molecule has 0 aliphatic carbocycles. The molecular formula is C9H8N2O3S. The van der Waals surface area contributed by atoms with Crippen LogP contribution in [-0.2, 0) is 10.3 Å². The summed E-state index contributed by atoms with van der Waals surface area (Å²) in [5, 5.41) is 6.24. The first-order valence-corrected chi connectivity index (χ1v) is 5.58. The van der Waals surface area contributed by atoms with Gasteiger partial charge in [-0.3, -0.25) is 4.98 Å². The topological polar surface area (TPSA) is 82.3 Å². The molecule has 0 amide bonds. The fourth-order valence-corrected chi connectivity index (χ4v) is 1.69. The predicted octanol–water partition coefficient (Wildman–Crippen LogP) is 0.817. The molecule has 2 aromatic rings. The molecule has 6 heteroatoms. The van der Waals surface area contributed by atoms with Gasteiger partial charge in [-0.05, 0) is 12.1 Å². The molecule has 1 aromatic heterocycles. The molecule has 0 saturated carbocycles. The third-order valence-electron chi connectivity index (χ3n) is 1.85. The molecule has 5 nitrogen and oxygen atoms in total. The van der Waals surface area contributed by atoms with Crippen LogP contribution < -0.4 is 9.32 Å².